The Morgan fingerprint density at radius 3 is 1.40 bits per heavy atom. The molecule has 1 unspecified atom stereocenters. The van der Waals surface area contributed by atoms with E-state index in [0.717, 1.165) is 22.3 Å². The van der Waals surface area contributed by atoms with E-state index in [1.165, 1.54) is 0 Å². The van der Waals surface area contributed by atoms with E-state index in [0.29, 0.717) is 5.56 Å². The molecule has 0 fully saturated rings. The van der Waals surface area contributed by atoms with Crippen LogP contribution in [0, 0.1) is 12.7 Å². The molecule has 5 aromatic rings. The van der Waals surface area contributed by atoms with Crippen LogP contribution in [0.3, 0.4) is 0 Å². The summed E-state index contributed by atoms with van der Waals surface area (Å²) in [6.45, 7) is 2.22. The average Bonchev–Trinajstić information content (AvgIpc) is 3.13. The first-order valence-electron chi connectivity index (χ1n) is 16.2. The number of hydrogen-bond acceptors (Lipinski definition) is 6. The van der Waals surface area contributed by atoms with Crippen LogP contribution in [-0.4, -0.2) is 41.2 Å². The minimum Gasteiger partial charge on any atom is -0.388 e. The summed E-state index contributed by atoms with van der Waals surface area (Å²) < 4.78 is 41.1. The standard InChI is InChI=1S/C41H43FO6/c1-30-15-14-24-35(37(30)42)38(44)40(47-27-33-20-10-4-11-21-33)41(48-28-34-22-12-5-13-23-34)39(46-26-32-18-8-3-9-19-32)36(43)29-45-25-31-16-6-2-7-17-31/h2-24,36,38-41,43-44H,25-29H2,1H3/t36-,38?,39-,40+,41+/m1/s1. The van der Waals surface area contributed by atoms with Crippen molar-refractivity contribution in [3.8, 4) is 0 Å². The lowest BCUT2D eigenvalue weighted by atomic mass is 9.93. The van der Waals surface area contributed by atoms with Crippen LogP contribution >= 0.6 is 0 Å². The number of aryl methyl sites for hydroxylation is 1. The van der Waals surface area contributed by atoms with Crippen LogP contribution in [0.15, 0.2) is 140 Å². The van der Waals surface area contributed by atoms with Crippen LogP contribution in [0.1, 0.15) is 39.5 Å². The smallest absolute Gasteiger partial charge is 0.132 e. The maximum Gasteiger partial charge on any atom is 0.132 e. The molecule has 2 N–H and O–H groups in total. The van der Waals surface area contributed by atoms with Gasteiger partial charge < -0.3 is 29.2 Å². The first-order chi connectivity index (χ1) is 23.5. The highest BCUT2D eigenvalue weighted by molar-refractivity contribution is 5.28. The van der Waals surface area contributed by atoms with Crippen molar-refractivity contribution in [1.82, 2.24) is 0 Å². The molecule has 5 aromatic carbocycles. The first-order valence-corrected chi connectivity index (χ1v) is 16.2. The van der Waals surface area contributed by atoms with Gasteiger partial charge in [0, 0.05) is 5.56 Å². The molecular formula is C41H43FO6. The normalized spacial score (nSPS) is 14.6. The molecule has 0 spiro atoms. The largest absolute Gasteiger partial charge is 0.388 e. The molecule has 0 aliphatic carbocycles. The van der Waals surface area contributed by atoms with Crippen LogP contribution < -0.4 is 0 Å². The summed E-state index contributed by atoms with van der Waals surface area (Å²) in [5.74, 6) is -0.534. The molecule has 0 saturated carbocycles. The minimum atomic E-state index is -1.46. The minimum absolute atomic E-state index is 0.0676. The quantitative estimate of drug-likeness (QED) is 0.102. The van der Waals surface area contributed by atoms with Crippen LogP contribution in [0.4, 0.5) is 4.39 Å². The van der Waals surface area contributed by atoms with E-state index in [1.807, 2.05) is 121 Å². The zero-order chi connectivity index (χ0) is 33.6. The van der Waals surface area contributed by atoms with Gasteiger partial charge >= 0.3 is 0 Å². The molecule has 0 amide bonds. The van der Waals surface area contributed by atoms with Gasteiger partial charge in [0.2, 0.25) is 0 Å². The number of halogens is 1. The number of ether oxygens (including phenoxy) is 4. The van der Waals surface area contributed by atoms with E-state index in [2.05, 4.69) is 0 Å². The monoisotopic (exact) mass is 650 g/mol. The molecule has 6 nitrogen and oxygen atoms in total. The maximum atomic E-state index is 15.6. The summed E-state index contributed by atoms with van der Waals surface area (Å²) in [4.78, 5) is 0. The molecule has 0 aromatic heterocycles. The van der Waals surface area contributed by atoms with Gasteiger partial charge in [-0.25, -0.2) is 4.39 Å². The van der Waals surface area contributed by atoms with E-state index in [9.17, 15) is 10.2 Å². The Hall–Kier alpha value is -4.21. The number of aliphatic hydroxyl groups is 2. The summed E-state index contributed by atoms with van der Waals surface area (Å²) in [5, 5.41) is 23.7. The second kappa shape index (κ2) is 18.4. The molecule has 250 valence electrons. The van der Waals surface area contributed by atoms with E-state index >= 15 is 4.39 Å². The van der Waals surface area contributed by atoms with Gasteiger partial charge in [0.25, 0.3) is 0 Å². The Balaban J connectivity index is 1.51. The average molecular weight is 651 g/mol. The predicted octanol–water partition coefficient (Wildman–Crippen LogP) is 7.50. The molecule has 5 rings (SSSR count). The Kier molecular flexibility index (Phi) is 13.4. The Morgan fingerprint density at radius 1 is 0.500 bits per heavy atom. The summed E-state index contributed by atoms with van der Waals surface area (Å²) >= 11 is 0. The van der Waals surface area contributed by atoms with Crippen LogP contribution in [0.5, 0.6) is 0 Å². The summed E-state index contributed by atoms with van der Waals surface area (Å²) in [7, 11) is 0. The summed E-state index contributed by atoms with van der Waals surface area (Å²) in [5.41, 5.74) is 4.03. The lowest BCUT2D eigenvalue weighted by Gasteiger charge is -2.38. The Bertz CT molecular complexity index is 1620. The number of rotatable bonds is 18. The molecule has 5 atom stereocenters. The molecule has 48 heavy (non-hydrogen) atoms. The molecule has 0 aliphatic heterocycles. The predicted molar refractivity (Wildman–Crippen MR) is 183 cm³/mol. The zero-order valence-electron chi connectivity index (χ0n) is 27.1. The third-order valence-electron chi connectivity index (χ3n) is 8.13. The topological polar surface area (TPSA) is 77.4 Å². The van der Waals surface area contributed by atoms with Crippen LogP contribution in [0.2, 0.25) is 0 Å². The molecule has 0 heterocycles. The highest BCUT2D eigenvalue weighted by Gasteiger charge is 2.42. The summed E-state index contributed by atoms with van der Waals surface area (Å²) in [6, 6.07) is 43.2. The second-order valence-electron chi connectivity index (χ2n) is 11.8. The van der Waals surface area contributed by atoms with Crippen molar-refractivity contribution in [2.24, 2.45) is 0 Å². The number of benzene rings is 5. The SMILES string of the molecule is Cc1cccc(C(O)[C@H](OCc2ccccc2)[C@@H](OCc2ccccc2)[C@H](OCc2ccccc2)[C@H](O)COCc2ccccc2)c1F. The van der Waals surface area contributed by atoms with E-state index in [-0.39, 0.29) is 38.6 Å². The van der Waals surface area contributed by atoms with Gasteiger partial charge in [-0.1, -0.05) is 140 Å². The van der Waals surface area contributed by atoms with E-state index in [4.69, 9.17) is 18.9 Å². The Morgan fingerprint density at radius 2 is 0.917 bits per heavy atom. The van der Waals surface area contributed by atoms with Crippen molar-refractivity contribution in [3.63, 3.8) is 0 Å². The first kappa shape index (κ1) is 35.1. The van der Waals surface area contributed by atoms with Crippen molar-refractivity contribution < 1.29 is 33.6 Å². The van der Waals surface area contributed by atoms with Crippen molar-refractivity contribution in [2.45, 2.75) is 63.9 Å². The lowest BCUT2D eigenvalue weighted by molar-refractivity contribution is -0.207. The van der Waals surface area contributed by atoms with Crippen LogP contribution in [0.25, 0.3) is 0 Å². The third-order valence-corrected chi connectivity index (χ3v) is 8.13. The second-order valence-corrected chi connectivity index (χ2v) is 11.8. The fourth-order valence-electron chi connectivity index (χ4n) is 5.51. The van der Waals surface area contributed by atoms with Gasteiger partial charge in [0.05, 0.1) is 33.0 Å². The third kappa shape index (κ3) is 10.1. The van der Waals surface area contributed by atoms with Crippen molar-refractivity contribution in [1.29, 1.82) is 0 Å². The molecule has 0 bridgehead atoms. The molecule has 0 aliphatic rings. The lowest BCUT2D eigenvalue weighted by Crippen LogP contribution is -2.52. The molecule has 7 heteroatoms. The van der Waals surface area contributed by atoms with Crippen molar-refractivity contribution >= 4 is 0 Å². The van der Waals surface area contributed by atoms with Gasteiger partial charge in [-0.15, -0.1) is 0 Å². The fraction of sp³-hybridized carbons (Fsp3) is 0.268. The number of aliphatic hydroxyl groups excluding tert-OH is 2. The molecule has 0 radical (unpaired) electrons. The van der Waals surface area contributed by atoms with Crippen molar-refractivity contribution in [2.75, 3.05) is 6.61 Å². The maximum absolute atomic E-state index is 15.6. The van der Waals surface area contributed by atoms with Gasteiger partial charge in [0.1, 0.15) is 36.3 Å². The van der Waals surface area contributed by atoms with Crippen LogP contribution in [-0.2, 0) is 45.4 Å². The summed E-state index contributed by atoms with van der Waals surface area (Å²) in [6.07, 6.45) is -5.93. The zero-order valence-corrected chi connectivity index (χ0v) is 27.1. The highest BCUT2D eigenvalue weighted by atomic mass is 19.1. The van der Waals surface area contributed by atoms with Gasteiger partial charge in [-0.2, -0.15) is 0 Å². The van der Waals surface area contributed by atoms with Gasteiger partial charge in [-0.3, -0.25) is 0 Å². The highest BCUT2D eigenvalue weighted by Crippen LogP contribution is 2.31. The van der Waals surface area contributed by atoms with Gasteiger partial charge in [0.15, 0.2) is 0 Å². The molecule has 0 saturated heterocycles. The van der Waals surface area contributed by atoms with E-state index < -0.39 is 36.3 Å². The van der Waals surface area contributed by atoms with E-state index in [1.54, 1.807) is 25.1 Å². The Labute approximate surface area is 282 Å². The number of hydrogen-bond donors (Lipinski definition) is 2. The fourth-order valence-corrected chi connectivity index (χ4v) is 5.51. The van der Waals surface area contributed by atoms with Crippen molar-refractivity contribution in [3.05, 3.63) is 179 Å². The van der Waals surface area contributed by atoms with Gasteiger partial charge in [-0.05, 0) is 34.7 Å². The molecular weight excluding hydrogens is 607 g/mol.